The molecule has 2 heterocycles. The Morgan fingerprint density at radius 1 is 1.76 bits per heavy atom. The minimum Gasteiger partial charge on any atom is -0.467 e. The summed E-state index contributed by atoms with van der Waals surface area (Å²) in [7, 11) is 1.28. The van der Waals surface area contributed by atoms with Gasteiger partial charge in [-0.15, -0.1) is 5.10 Å². The average molecular weight is 240 g/mol. The van der Waals surface area contributed by atoms with E-state index in [0.29, 0.717) is 12.8 Å². The van der Waals surface area contributed by atoms with Crippen molar-refractivity contribution in [2.75, 3.05) is 13.7 Å². The maximum Gasteiger partial charge on any atom is 0.333 e. The highest BCUT2D eigenvalue weighted by Crippen LogP contribution is 2.19. The number of nitrogens with zero attached hydrogens (tertiary/aromatic N) is 3. The number of methoxy groups -OCH3 is 1. The molecule has 8 heteroatoms. The summed E-state index contributed by atoms with van der Waals surface area (Å²) in [5.41, 5.74) is 0. The van der Waals surface area contributed by atoms with Crippen LogP contribution in [0.25, 0.3) is 0 Å². The van der Waals surface area contributed by atoms with E-state index < -0.39 is 24.3 Å². The van der Waals surface area contributed by atoms with Gasteiger partial charge in [0.2, 0.25) is 0 Å². The Labute approximate surface area is 96.9 Å². The van der Waals surface area contributed by atoms with Crippen LogP contribution in [0.15, 0.2) is 12.4 Å². The van der Waals surface area contributed by atoms with E-state index in [1.54, 1.807) is 6.20 Å². The fourth-order valence-electron chi connectivity index (χ4n) is 1.70. The van der Waals surface area contributed by atoms with Crippen LogP contribution >= 0.6 is 0 Å². The standard InChI is InChI=1S/C9H12N4O4/c1-16-9(15)8(13-3-2-11-12-13)6-4-10-7(5-14)17-6/h2-3,5-8,10H,4H2,1H3. The zero-order valence-electron chi connectivity index (χ0n) is 9.15. The number of carbonyl (C=O) groups is 2. The van der Waals surface area contributed by atoms with Crippen molar-refractivity contribution in [3.63, 3.8) is 0 Å². The van der Waals surface area contributed by atoms with E-state index in [9.17, 15) is 9.59 Å². The van der Waals surface area contributed by atoms with Crippen LogP contribution in [0.1, 0.15) is 6.04 Å². The van der Waals surface area contributed by atoms with Crippen molar-refractivity contribution in [1.82, 2.24) is 20.3 Å². The van der Waals surface area contributed by atoms with E-state index in [-0.39, 0.29) is 0 Å². The lowest BCUT2D eigenvalue weighted by atomic mass is 10.1. The molecule has 17 heavy (non-hydrogen) atoms. The van der Waals surface area contributed by atoms with Gasteiger partial charge in [0.15, 0.2) is 18.6 Å². The molecule has 0 aliphatic carbocycles. The van der Waals surface area contributed by atoms with Crippen molar-refractivity contribution in [3.05, 3.63) is 12.4 Å². The van der Waals surface area contributed by atoms with Crippen LogP contribution < -0.4 is 5.32 Å². The summed E-state index contributed by atoms with van der Waals surface area (Å²) in [5.74, 6) is -0.492. The molecule has 1 aromatic heterocycles. The van der Waals surface area contributed by atoms with Crippen LogP contribution in [0.4, 0.5) is 0 Å². The summed E-state index contributed by atoms with van der Waals surface area (Å²) in [4.78, 5) is 22.2. The van der Waals surface area contributed by atoms with Crippen molar-refractivity contribution < 1.29 is 19.1 Å². The van der Waals surface area contributed by atoms with E-state index >= 15 is 0 Å². The molecule has 0 radical (unpaired) electrons. The average Bonchev–Trinajstić information content (AvgIpc) is 3.00. The first-order valence-corrected chi connectivity index (χ1v) is 5.04. The molecule has 0 bridgehead atoms. The lowest BCUT2D eigenvalue weighted by molar-refractivity contribution is -0.150. The van der Waals surface area contributed by atoms with Gasteiger partial charge in [-0.05, 0) is 0 Å². The number of nitrogens with one attached hydrogen (secondary N) is 1. The van der Waals surface area contributed by atoms with Crippen molar-refractivity contribution in [2.45, 2.75) is 18.4 Å². The maximum absolute atomic E-state index is 11.7. The Balaban J connectivity index is 2.17. The smallest absolute Gasteiger partial charge is 0.333 e. The van der Waals surface area contributed by atoms with Gasteiger partial charge in [0.05, 0.1) is 13.3 Å². The predicted octanol–water partition coefficient (Wildman–Crippen LogP) is -1.49. The van der Waals surface area contributed by atoms with Gasteiger partial charge in [0.25, 0.3) is 0 Å². The Hall–Kier alpha value is -1.80. The molecular weight excluding hydrogens is 228 g/mol. The zero-order chi connectivity index (χ0) is 12.3. The fourth-order valence-corrected chi connectivity index (χ4v) is 1.70. The van der Waals surface area contributed by atoms with Crippen LogP contribution in [0.5, 0.6) is 0 Å². The number of rotatable bonds is 4. The second-order valence-corrected chi connectivity index (χ2v) is 3.49. The molecule has 0 aromatic carbocycles. The lowest BCUT2D eigenvalue weighted by Crippen LogP contribution is -2.35. The molecule has 2 rings (SSSR count). The second-order valence-electron chi connectivity index (χ2n) is 3.49. The first kappa shape index (κ1) is 11.7. The molecule has 1 fully saturated rings. The maximum atomic E-state index is 11.7. The van der Waals surface area contributed by atoms with Gasteiger partial charge < -0.3 is 9.47 Å². The largest absolute Gasteiger partial charge is 0.467 e. The number of carbonyl (C=O) groups excluding carboxylic acids is 2. The summed E-state index contributed by atoms with van der Waals surface area (Å²) in [6.45, 7) is 0.364. The van der Waals surface area contributed by atoms with Crippen LogP contribution in [0.3, 0.4) is 0 Å². The molecule has 0 spiro atoms. The molecule has 0 amide bonds. The van der Waals surface area contributed by atoms with E-state index in [0.717, 1.165) is 0 Å². The van der Waals surface area contributed by atoms with Gasteiger partial charge in [-0.3, -0.25) is 10.1 Å². The predicted molar refractivity (Wildman–Crippen MR) is 53.8 cm³/mol. The molecule has 3 atom stereocenters. The highest BCUT2D eigenvalue weighted by atomic mass is 16.5. The normalized spacial score (nSPS) is 25.5. The quantitative estimate of drug-likeness (QED) is 0.505. The molecule has 1 aliphatic heterocycles. The van der Waals surface area contributed by atoms with E-state index in [1.165, 1.54) is 18.0 Å². The SMILES string of the molecule is COC(=O)C(C1CNC(C=O)O1)n1ccnn1. The summed E-state index contributed by atoms with van der Waals surface area (Å²) < 4.78 is 11.4. The van der Waals surface area contributed by atoms with Crippen LogP contribution in [-0.2, 0) is 19.1 Å². The summed E-state index contributed by atoms with van der Waals surface area (Å²) in [6.07, 6.45) is 2.42. The summed E-state index contributed by atoms with van der Waals surface area (Å²) in [6, 6.07) is -0.750. The molecule has 0 saturated carbocycles. The minimum atomic E-state index is -0.750. The van der Waals surface area contributed by atoms with E-state index in [1.807, 2.05) is 0 Å². The van der Waals surface area contributed by atoms with Crippen molar-refractivity contribution in [1.29, 1.82) is 0 Å². The van der Waals surface area contributed by atoms with E-state index in [2.05, 4.69) is 15.6 Å². The molecule has 1 saturated heterocycles. The van der Waals surface area contributed by atoms with Crippen molar-refractivity contribution in [3.8, 4) is 0 Å². The molecule has 1 aliphatic rings. The van der Waals surface area contributed by atoms with Crippen molar-refractivity contribution in [2.24, 2.45) is 0 Å². The van der Waals surface area contributed by atoms with Crippen LogP contribution in [0, 0.1) is 0 Å². The first-order valence-electron chi connectivity index (χ1n) is 5.04. The molecule has 92 valence electrons. The number of aldehydes is 1. The molecule has 1 N–H and O–H groups in total. The number of aromatic nitrogens is 3. The topological polar surface area (TPSA) is 95.3 Å². The van der Waals surface area contributed by atoms with Gasteiger partial charge in [0, 0.05) is 12.7 Å². The lowest BCUT2D eigenvalue weighted by Gasteiger charge is -2.19. The third kappa shape index (κ3) is 2.32. The number of hydrogen-bond donors (Lipinski definition) is 1. The Morgan fingerprint density at radius 3 is 3.12 bits per heavy atom. The highest BCUT2D eigenvalue weighted by molar-refractivity contribution is 5.75. The molecule has 8 nitrogen and oxygen atoms in total. The first-order chi connectivity index (χ1) is 8.26. The third-order valence-corrected chi connectivity index (χ3v) is 2.49. The minimum absolute atomic E-state index is 0.364. The van der Waals surface area contributed by atoms with Crippen LogP contribution in [0.2, 0.25) is 0 Å². The van der Waals surface area contributed by atoms with Gasteiger partial charge in [0.1, 0.15) is 6.10 Å². The third-order valence-electron chi connectivity index (χ3n) is 2.49. The van der Waals surface area contributed by atoms with Gasteiger partial charge in [-0.2, -0.15) is 0 Å². The molecule has 3 unspecified atom stereocenters. The molecular formula is C9H12N4O4. The Kier molecular flexibility index (Phi) is 3.45. The Morgan fingerprint density at radius 2 is 2.59 bits per heavy atom. The zero-order valence-corrected chi connectivity index (χ0v) is 9.15. The van der Waals surface area contributed by atoms with E-state index in [4.69, 9.17) is 9.47 Å². The summed E-state index contributed by atoms with van der Waals surface area (Å²) >= 11 is 0. The van der Waals surface area contributed by atoms with Gasteiger partial charge in [-0.1, -0.05) is 5.21 Å². The van der Waals surface area contributed by atoms with Crippen LogP contribution in [-0.4, -0.2) is 53.2 Å². The number of esters is 1. The second kappa shape index (κ2) is 5.02. The highest BCUT2D eigenvalue weighted by Gasteiger charge is 2.38. The number of ether oxygens (including phenoxy) is 2. The van der Waals surface area contributed by atoms with Gasteiger partial charge >= 0.3 is 5.97 Å². The Bertz CT molecular complexity index is 394. The van der Waals surface area contributed by atoms with Gasteiger partial charge in [-0.25, -0.2) is 9.48 Å². The monoisotopic (exact) mass is 240 g/mol. The summed E-state index contributed by atoms with van der Waals surface area (Å²) in [5, 5.41) is 10.2. The molecule has 1 aromatic rings. The fraction of sp³-hybridized carbons (Fsp3) is 0.556. The van der Waals surface area contributed by atoms with Crippen molar-refractivity contribution >= 4 is 12.3 Å². The number of hydrogen-bond acceptors (Lipinski definition) is 7.